The highest BCUT2D eigenvalue weighted by Gasteiger charge is 2.38. The zero-order chi connectivity index (χ0) is 6.97. The van der Waals surface area contributed by atoms with E-state index in [1.807, 2.05) is 0 Å². The number of hydrogen-bond donors (Lipinski definition) is 0. The third-order valence-corrected chi connectivity index (χ3v) is 4.12. The Morgan fingerprint density at radius 1 is 1.20 bits per heavy atom. The van der Waals surface area contributed by atoms with Crippen molar-refractivity contribution in [2.45, 2.75) is 38.1 Å². The molecule has 0 aliphatic heterocycles. The standard InChI is InChI=1S/C9H18Si/c10-4-3-9-6-7-1-2-8(9)5-7/h7-9H,1-6H2,10H3. The molecule has 2 aliphatic rings. The fourth-order valence-corrected chi connectivity index (χ4v) is 3.84. The van der Waals surface area contributed by atoms with E-state index < -0.39 is 0 Å². The maximum Gasteiger partial charge on any atom is 0.00281 e. The van der Waals surface area contributed by atoms with Crippen LogP contribution in [0.15, 0.2) is 0 Å². The van der Waals surface area contributed by atoms with Crippen LogP contribution in [0.25, 0.3) is 0 Å². The molecule has 0 radical (unpaired) electrons. The molecular formula is C9H18Si. The normalized spacial score (nSPS) is 45.0. The van der Waals surface area contributed by atoms with Gasteiger partial charge in [0.25, 0.3) is 0 Å². The van der Waals surface area contributed by atoms with E-state index in [-0.39, 0.29) is 0 Å². The molecule has 0 N–H and O–H groups in total. The largest absolute Gasteiger partial charge is 0.0656 e. The van der Waals surface area contributed by atoms with Crippen molar-refractivity contribution in [3.8, 4) is 0 Å². The molecule has 58 valence electrons. The van der Waals surface area contributed by atoms with Gasteiger partial charge < -0.3 is 0 Å². The van der Waals surface area contributed by atoms with Crippen molar-refractivity contribution in [1.29, 1.82) is 0 Å². The maximum absolute atomic E-state index is 1.60. The summed E-state index contributed by atoms with van der Waals surface area (Å²) in [5.41, 5.74) is 0. The van der Waals surface area contributed by atoms with Crippen LogP contribution in [0.2, 0.25) is 6.04 Å². The van der Waals surface area contributed by atoms with E-state index >= 15 is 0 Å². The van der Waals surface area contributed by atoms with Crippen molar-refractivity contribution in [1.82, 2.24) is 0 Å². The molecule has 3 atom stereocenters. The number of rotatable bonds is 2. The van der Waals surface area contributed by atoms with Crippen molar-refractivity contribution in [2.75, 3.05) is 0 Å². The minimum atomic E-state index is 1.17. The molecule has 0 aromatic carbocycles. The highest BCUT2D eigenvalue weighted by atomic mass is 28.1. The summed E-state index contributed by atoms with van der Waals surface area (Å²) in [4.78, 5) is 0. The Morgan fingerprint density at radius 2 is 2.10 bits per heavy atom. The predicted octanol–water partition coefficient (Wildman–Crippen LogP) is 1.60. The van der Waals surface area contributed by atoms with Crippen LogP contribution in [-0.2, 0) is 0 Å². The van der Waals surface area contributed by atoms with Crippen LogP contribution in [0, 0.1) is 17.8 Å². The first-order valence-corrected chi connectivity index (χ1v) is 6.31. The van der Waals surface area contributed by atoms with Crippen molar-refractivity contribution in [3.63, 3.8) is 0 Å². The van der Waals surface area contributed by atoms with E-state index in [1.165, 1.54) is 28.0 Å². The third kappa shape index (κ3) is 1.05. The molecule has 1 heteroatoms. The van der Waals surface area contributed by atoms with Crippen LogP contribution in [0.5, 0.6) is 0 Å². The summed E-state index contributed by atoms with van der Waals surface area (Å²) in [7, 11) is 1.43. The molecule has 0 aromatic rings. The summed E-state index contributed by atoms with van der Waals surface area (Å²) in [6, 6.07) is 1.55. The molecule has 10 heavy (non-hydrogen) atoms. The lowest BCUT2D eigenvalue weighted by atomic mass is 9.87. The summed E-state index contributed by atoms with van der Waals surface area (Å²) in [5, 5.41) is 0. The van der Waals surface area contributed by atoms with Gasteiger partial charge in [-0.2, -0.15) is 0 Å². The smallest absolute Gasteiger partial charge is 0.00281 e. The molecule has 0 saturated heterocycles. The van der Waals surface area contributed by atoms with Crippen LogP contribution in [0.3, 0.4) is 0 Å². The van der Waals surface area contributed by atoms with E-state index in [9.17, 15) is 0 Å². The second kappa shape index (κ2) is 2.69. The van der Waals surface area contributed by atoms with Crippen LogP contribution in [-0.4, -0.2) is 10.2 Å². The quantitative estimate of drug-likeness (QED) is 0.530. The first-order valence-electron chi connectivity index (χ1n) is 4.90. The highest BCUT2D eigenvalue weighted by molar-refractivity contribution is 6.08. The van der Waals surface area contributed by atoms with Gasteiger partial charge in [0.1, 0.15) is 0 Å². The van der Waals surface area contributed by atoms with Crippen LogP contribution in [0.1, 0.15) is 32.1 Å². The molecule has 2 fully saturated rings. The van der Waals surface area contributed by atoms with Crippen molar-refractivity contribution >= 4 is 10.2 Å². The zero-order valence-corrected chi connectivity index (χ0v) is 8.97. The Bertz CT molecular complexity index is 122. The Balaban J connectivity index is 1.90. The first-order chi connectivity index (χ1) is 4.90. The van der Waals surface area contributed by atoms with Gasteiger partial charge in [-0.05, 0) is 37.0 Å². The topological polar surface area (TPSA) is 0 Å². The van der Waals surface area contributed by atoms with E-state index in [0.717, 1.165) is 0 Å². The monoisotopic (exact) mass is 154 g/mol. The summed E-state index contributed by atoms with van der Waals surface area (Å²) in [6.45, 7) is 0. The molecule has 2 aliphatic carbocycles. The zero-order valence-electron chi connectivity index (χ0n) is 6.97. The van der Waals surface area contributed by atoms with Gasteiger partial charge in [-0.1, -0.05) is 18.9 Å². The minimum absolute atomic E-state index is 1.17. The average molecular weight is 154 g/mol. The van der Waals surface area contributed by atoms with Crippen LogP contribution in [0.4, 0.5) is 0 Å². The van der Waals surface area contributed by atoms with E-state index in [0.29, 0.717) is 0 Å². The average Bonchev–Trinajstić information content (AvgIpc) is 2.48. The second-order valence-corrected chi connectivity index (χ2v) is 5.22. The summed E-state index contributed by atoms with van der Waals surface area (Å²) >= 11 is 0. The summed E-state index contributed by atoms with van der Waals surface area (Å²) < 4.78 is 0. The van der Waals surface area contributed by atoms with Gasteiger partial charge in [-0.15, -0.1) is 0 Å². The second-order valence-electron chi connectivity index (χ2n) is 4.22. The van der Waals surface area contributed by atoms with Crippen molar-refractivity contribution in [2.24, 2.45) is 17.8 Å². The molecule has 2 saturated carbocycles. The maximum atomic E-state index is 1.60. The molecule has 0 spiro atoms. The Kier molecular flexibility index (Phi) is 1.85. The summed E-state index contributed by atoms with van der Waals surface area (Å²) in [6.07, 6.45) is 7.94. The molecule has 3 unspecified atom stereocenters. The van der Waals surface area contributed by atoms with E-state index in [2.05, 4.69) is 0 Å². The Morgan fingerprint density at radius 3 is 2.60 bits per heavy atom. The molecule has 0 amide bonds. The molecule has 2 rings (SSSR count). The lowest BCUT2D eigenvalue weighted by Gasteiger charge is -2.20. The Hall–Kier alpha value is 0.217. The minimum Gasteiger partial charge on any atom is -0.0656 e. The predicted molar refractivity (Wildman–Crippen MR) is 48.3 cm³/mol. The third-order valence-electron chi connectivity index (χ3n) is 3.54. The van der Waals surface area contributed by atoms with Gasteiger partial charge in [0.2, 0.25) is 0 Å². The van der Waals surface area contributed by atoms with Crippen LogP contribution < -0.4 is 0 Å². The molecule has 0 aromatic heterocycles. The van der Waals surface area contributed by atoms with Gasteiger partial charge in [0.05, 0.1) is 0 Å². The molecular weight excluding hydrogens is 136 g/mol. The van der Waals surface area contributed by atoms with Crippen molar-refractivity contribution < 1.29 is 0 Å². The molecule has 0 nitrogen and oxygen atoms in total. The van der Waals surface area contributed by atoms with E-state index in [1.54, 1.807) is 38.1 Å². The molecule has 2 bridgehead atoms. The number of hydrogen-bond acceptors (Lipinski definition) is 0. The SMILES string of the molecule is [SiH3]CCC1CC2CCC1C2. The van der Waals surface area contributed by atoms with Crippen molar-refractivity contribution in [3.05, 3.63) is 0 Å². The van der Waals surface area contributed by atoms with Gasteiger partial charge >= 0.3 is 0 Å². The first kappa shape index (κ1) is 6.90. The highest BCUT2D eigenvalue weighted by Crippen LogP contribution is 2.49. The van der Waals surface area contributed by atoms with Gasteiger partial charge in [0, 0.05) is 10.2 Å². The molecule has 0 heterocycles. The lowest BCUT2D eigenvalue weighted by molar-refractivity contribution is 0.325. The Labute approximate surface area is 66.8 Å². The fourth-order valence-electron chi connectivity index (χ4n) is 3.10. The van der Waals surface area contributed by atoms with E-state index in [4.69, 9.17) is 0 Å². The van der Waals surface area contributed by atoms with Gasteiger partial charge in [-0.3, -0.25) is 0 Å². The lowest BCUT2D eigenvalue weighted by Crippen LogP contribution is -2.09. The van der Waals surface area contributed by atoms with Gasteiger partial charge in [-0.25, -0.2) is 0 Å². The fraction of sp³-hybridized carbons (Fsp3) is 1.00. The van der Waals surface area contributed by atoms with Crippen LogP contribution >= 0.6 is 0 Å². The number of fused-ring (bicyclic) bond motifs is 2. The van der Waals surface area contributed by atoms with Gasteiger partial charge in [0.15, 0.2) is 0 Å². The summed E-state index contributed by atoms with van der Waals surface area (Å²) in [5.74, 6) is 3.53.